The highest BCUT2D eigenvalue weighted by atomic mass is 127. The van der Waals surface area contributed by atoms with E-state index in [4.69, 9.17) is 4.74 Å². The van der Waals surface area contributed by atoms with Crippen LogP contribution in [0.4, 0.5) is 0 Å². The highest BCUT2D eigenvalue weighted by molar-refractivity contribution is 14.1. The van der Waals surface area contributed by atoms with Crippen molar-refractivity contribution in [1.82, 2.24) is 0 Å². The van der Waals surface area contributed by atoms with Gasteiger partial charge in [0, 0.05) is 11.0 Å². The van der Waals surface area contributed by atoms with E-state index in [0.29, 0.717) is 6.10 Å². The molecule has 2 rings (SSSR count). The van der Waals surface area contributed by atoms with E-state index in [1.54, 1.807) is 0 Å². The summed E-state index contributed by atoms with van der Waals surface area (Å²) in [5.74, 6) is 1.87. The number of fused-ring (bicyclic) bond motifs is 2. The second-order valence-electron chi connectivity index (χ2n) is 3.46. The topological polar surface area (TPSA) is 9.23 Å². The van der Waals surface area contributed by atoms with Gasteiger partial charge in [-0.2, -0.15) is 0 Å². The molecule has 0 spiro atoms. The Morgan fingerprint density at radius 2 is 2.20 bits per heavy atom. The van der Waals surface area contributed by atoms with Gasteiger partial charge in [-0.1, -0.05) is 22.6 Å². The fraction of sp³-hybridized carbons (Fsp3) is 1.00. The minimum Gasteiger partial charge on any atom is -0.381 e. The molecule has 0 unspecified atom stereocenters. The van der Waals surface area contributed by atoms with Crippen LogP contribution in [0.3, 0.4) is 0 Å². The van der Waals surface area contributed by atoms with Gasteiger partial charge >= 0.3 is 0 Å². The van der Waals surface area contributed by atoms with Crippen LogP contribution in [0.1, 0.15) is 19.3 Å². The average molecular weight is 252 g/mol. The van der Waals surface area contributed by atoms with E-state index < -0.39 is 0 Å². The molecule has 0 saturated heterocycles. The molecule has 0 heterocycles. The Labute approximate surface area is 75.7 Å². The summed E-state index contributed by atoms with van der Waals surface area (Å²) in [4.78, 5) is 0. The highest BCUT2D eigenvalue weighted by Gasteiger charge is 2.46. The van der Waals surface area contributed by atoms with Crippen molar-refractivity contribution >= 4 is 22.6 Å². The monoisotopic (exact) mass is 252 g/mol. The Morgan fingerprint density at radius 1 is 1.40 bits per heavy atom. The van der Waals surface area contributed by atoms with Crippen LogP contribution in [0.25, 0.3) is 0 Å². The van der Waals surface area contributed by atoms with Crippen LogP contribution >= 0.6 is 22.6 Å². The summed E-state index contributed by atoms with van der Waals surface area (Å²) in [6, 6.07) is 0. The van der Waals surface area contributed by atoms with Crippen LogP contribution in [0, 0.1) is 11.8 Å². The molecule has 2 saturated carbocycles. The van der Waals surface area contributed by atoms with Gasteiger partial charge < -0.3 is 4.74 Å². The molecule has 2 fully saturated rings. The van der Waals surface area contributed by atoms with Crippen molar-refractivity contribution < 1.29 is 4.74 Å². The third-order valence-corrected chi connectivity index (χ3v) is 4.99. The van der Waals surface area contributed by atoms with Crippen molar-refractivity contribution in [2.45, 2.75) is 29.3 Å². The first-order chi connectivity index (χ1) is 4.83. The molecule has 2 aliphatic rings. The lowest BCUT2D eigenvalue weighted by molar-refractivity contribution is 0.0579. The molecule has 0 aromatic rings. The van der Waals surface area contributed by atoms with Crippen LogP contribution in [0.2, 0.25) is 0 Å². The molecule has 0 amide bonds. The minimum atomic E-state index is 0.598. The van der Waals surface area contributed by atoms with Crippen molar-refractivity contribution in [3.8, 4) is 0 Å². The van der Waals surface area contributed by atoms with Crippen LogP contribution in [0.15, 0.2) is 0 Å². The lowest BCUT2D eigenvalue weighted by Gasteiger charge is -2.19. The number of hydrogen-bond acceptors (Lipinski definition) is 1. The maximum Gasteiger partial charge on any atom is 0.0612 e. The molecule has 4 atom stereocenters. The van der Waals surface area contributed by atoms with Crippen molar-refractivity contribution in [1.29, 1.82) is 0 Å². The molecule has 58 valence electrons. The summed E-state index contributed by atoms with van der Waals surface area (Å²) >= 11 is 2.61. The molecular weight excluding hydrogens is 239 g/mol. The van der Waals surface area contributed by atoms with Gasteiger partial charge in [-0.05, 0) is 31.1 Å². The number of methoxy groups -OCH3 is 1. The average Bonchev–Trinajstić information content (AvgIpc) is 2.46. The highest BCUT2D eigenvalue weighted by Crippen LogP contribution is 2.49. The van der Waals surface area contributed by atoms with Gasteiger partial charge in [0.15, 0.2) is 0 Å². The zero-order chi connectivity index (χ0) is 7.14. The zero-order valence-electron chi connectivity index (χ0n) is 6.22. The lowest BCUT2D eigenvalue weighted by atomic mass is 9.98. The summed E-state index contributed by atoms with van der Waals surface area (Å²) in [7, 11) is 1.86. The van der Waals surface area contributed by atoms with E-state index in [1.807, 2.05) is 7.11 Å². The first-order valence-electron chi connectivity index (χ1n) is 4.00. The van der Waals surface area contributed by atoms with Crippen molar-refractivity contribution in [2.75, 3.05) is 7.11 Å². The minimum absolute atomic E-state index is 0.598. The number of hydrogen-bond donors (Lipinski definition) is 0. The van der Waals surface area contributed by atoms with Gasteiger partial charge in [-0.25, -0.2) is 0 Å². The third-order valence-electron chi connectivity index (χ3n) is 3.05. The first-order valence-corrected chi connectivity index (χ1v) is 5.24. The summed E-state index contributed by atoms with van der Waals surface area (Å²) in [5, 5.41) is 0. The molecule has 0 radical (unpaired) electrons. The van der Waals surface area contributed by atoms with Gasteiger partial charge in [0.1, 0.15) is 0 Å². The van der Waals surface area contributed by atoms with E-state index in [1.165, 1.54) is 19.3 Å². The molecule has 2 bridgehead atoms. The van der Waals surface area contributed by atoms with Crippen LogP contribution in [-0.4, -0.2) is 17.1 Å². The maximum absolute atomic E-state index is 5.41. The fourth-order valence-electron chi connectivity index (χ4n) is 2.46. The van der Waals surface area contributed by atoms with Gasteiger partial charge in [-0.15, -0.1) is 0 Å². The Bertz CT molecular complexity index is 137. The number of halogens is 1. The van der Waals surface area contributed by atoms with E-state index >= 15 is 0 Å². The Morgan fingerprint density at radius 3 is 2.50 bits per heavy atom. The normalized spacial score (nSPS) is 52.2. The van der Waals surface area contributed by atoms with E-state index in [0.717, 1.165) is 15.8 Å². The number of alkyl halides is 1. The van der Waals surface area contributed by atoms with Gasteiger partial charge in [-0.3, -0.25) is 0 Å². The molecular formula is C8H13IO. The largest absolute Gasteiger partial charge is 0.381 e. The van der Waals surface area contributed by atoms with Crippen LogP contribution < -0.4 is 0 Å². The van der Waals surface area contributed by atoms with E-state index in [9.17, 15) is 0 Å². The van der Waals surface area contributed by atoms with Gasteiger partial charge in [0.2, 0.25) is 0 Å². The van der Waals surface area contributed by atoms with Crippen molar-refractivity contribution in [2.24, 2.45) is 11.8 Å². The molecule has 2 heteroatoms. The SMILES string of the molecule is CO[C@H]1C[C@@H]2CC[C@H]1[C@@H]2I. The second-order valence-corrected chi connectivity index (χ2v) is 4.89. The molecule has 0 aromatic heterocycles. The molecule has 10 heavy (non-hydrogen) atoms. The number of ether oxygens (including phenoxy) is 1. The predicted octanol–water partition coefficient (Wildman–Crippen LogP) is 2.23. The van der Waals surface area contributed by atoms with Gasteiger partial charge in [0.05, 0.1) is 6.10 Å². The van der Waals surface area contributed by atoms with Crippen molar-refractivity contribution in [3.05, 3.63) is 0 Å². The maximum atomic E-state index is 5.41. The fourth-order valence-corrected chi connectivity index (χ4v) is 3.93. The standard InChI is InChI=1S/C8H13IO/c1-10-7-4-5-2-3-6(7)8(5)9/h5-8H,2-4H2,1H3/t5-,6+,7-,8+/m0/s1. The summed E-state index contributed by atoms with van der Waals surface area (Å²) < 4.78 is 6.33. The number of rotatable bonds is 1. The molecule has 1 nitrogen and oxygen atoms in total. The third kappa shape index (κ3) is 0.916. The van der Waals surface area contributed by atoms with Gasteiger partial charge in [0.25, 0.3) is 0 Å². The smallest absolute Gasteiger partial charge is 0.0612 e. The van der Waals surface area contributed by atoms with Crippen molar-refractivity contribution in [3.63, 3.8) is 0 Å². The second kappa shape index (κ2) is 2.63. The molecule has 0 aromatic carbocycles. The van der Waals surface area contributed by atoms with Crippen LogP contribution in [0.5, 0.6) is 0 Å². The summed E-state index contributed by atoms with van der Waals surface area (Å²) in [6.07, 6.45) is 4.80. The first kappa shape index (κ1) is 7.35. The zero-order valence-corrected chi connectivity index (χ0v) is 8.37. The Hall–Kier alpha value is 0.690. The summed E-state index contributed by atoms with van der Waals surface area (Å²) in [5.41, 5.74) is 0. The molecule has 0 aliphatic heterocycles. The van der Waals surface area contributed by atoms with Crippen LogP contribution in [-0.2, 0) is 4.74 Å². The Kier molecular flexibility index (Phi) is 1.93. The molecule has 0 N–H and O–H groups in total. The molecule has 2 aliphatic carbocycles. The predicted molar refractivity (Wildman–Crippen MR) is 49.4 cm³/mol. The van der Waals surface area contributed by atoms with E-state index in [2.05, 4.69) is 22.6 Å². The summed E-state index contributed by atoms with van der Waals surface area (Å²) in [6.45, 7) is 0. The quantitative estimate of drug-likeness (QED) is 0.513. The lowest BCUT2D eigenvalue weighted by Crippen LogP contribution is -2.19. The van der Waals surface area contributed by atoms with E-state index in [-0.39, 0.29) is 0 Å². The Balaban J connectivity index is 2.08.